The van der Waals surface area contributed by atoms with Gasteiger partial charge in [-0.25, -0.2) is 4.98 Å². The predicted octanol–water partition coefficient (Wildman–Crippen LogP) is 3.03. The third-order valence-corrected chi connectivity index (χ3v) is 5.61. The van der Waals surface area contributed by atoms with Gasteiger partial charge in [-0.15, -0.1) is 0 Å². The first kappa shape index (κ1) is 18.9. The van der Waals surface area contributed by atoms with E-state index in [0.29, 0.717) is 18.0 Å². The van der Waals surface area contributed by atoms with Crippen LogP contribution >= 0.6 is 0 Å². The molecule has 3 rings (SSSR count). The van der Waals surface area contributed by atoms with Gasteiger partial charge in [0, 0.05) is 25.8 Å². The molecule has 1 saturated heterocycles. The van der Waals surface area contributed by atoms with E-state index in [9.17, 15) is 0 Å². The monoisotopic (exact) mass is 356 g/mol. The van der Waals surface area contributed by atoms with Gasteiger partial charge in [-0.3, -0.25) is 4.90 Å². The number of para-hydroxylation sites is 1. The number of hydrogen-bond acceptors (Lipinski definition) is 4. The Kier molecular flexibility index (Phi) is 6.33. The van der Waals surface area contributed by atoms with Gasteiger partial charge in [-0.2, -0.15) is 0 Å². The van der Waals surface area contributed by atoms with Gasteiger partial charge in [0.1, 0.15) is 5.75 Å². The van der Waals surface area contributed by atoms with Crippen molar-refractivity contribution >= 4 is 0 Å². The second-order valence-corrected chi connectivity index (χ2v) is 7.58. The number of aryl methyl sites for hydroxylation is 1. The molecule has 2 aromatic rings. The van der Waals surface area contributed by atoms with Gasteiger partial charge in [0.15, 0.2) is 0 Å². The van der Waals surface area contributed by atoms with Crippen LogP contribution in [0.4, 0.5) is 0 Å². The zero-order valence-corrected chi connectivity index (χ0v) is 16.5. The maximum atomic E-state index is 5.49. The molecule has 1 aromatic carbocycles. The lowest BCUT2D eigenvalue weighted by molar-refractivity contribution is 0.112. The molecule has 3 atom stereocenters. The summed E-state index contributed by atoms with van der Waals surface area (Å²) in [5, 5.41) is 3.77. The summed E-state index contributed by atoms with van der Waals surface area (Å²) in [5.41, 5.74) is 2.58. The second kappa shape index (κ2) is 8.69. The SMILES string of the molecule is COc1ccccc1CC(C)NC[C@@H]1CCCN(C)[C@H]1c1cncn1C. The molecule has 0 radical (unpaired) electrons. The standard InChI is InChI=1S/C21H32N4O/c1-16(12-17-8-5-6-10-20(17)26-4)23-13-18-9-7-11-24(2)21(18)19-14-22-15-25(19)3/h5-6,8,10,14-16,18,21,23H,7,9,11-13H2,1-4H3/t16?,18-,21+/m0/s1. The molecule has 5 heteroatoms. The number of nitrogens with zero attached hydrogens (tertiary/aromatic N) is 3. The Morgan fingerprint density at radius 2 is 2.12 bits per heavy atom. The number of aromatic nitrogens is 2. The fourth-order valence-corrected chi connectivity index (χ4v) is 4.22. The van der Waals surface area contributed by atoms with E-state index in [4.69, 9.17) is 4.74 Å². The number of benzene rings is 1. The Balaban J connectivity index is 1.62. The third kappa shape index (κ3) is 4.27. The lowest BCUT2D eigenvalue weighted by Gasteiger charge is -2.39. The van der Waals surface area contributed by atoms with Crippen molar-refractivity contribution in [3.05, 3.63) is 48.0 Å². The van der Waals surface area contributed by atoms with E-state index in [2.05, 4.69) is 52.9 Å². The Hall–Kier alpha value is -1.85. The molecule has 2 heterocycles. The van der Waals surface area contributed by atoms with E-state index in [-0.39, 0.29) is 0 Å². The van der Waals surface area contributed by atoms with Gasteiger partial charge in [-0.05, 0) is 57.3 Å². The van der Waals surface area contributed by atoms with Gasteiger partial charge >= 0.3 is 0 Å². The second-order valence-electron chi connectivity index (χ2n) is 7.58. The molecule has 1 aliphatic heterocycles. The van der Waals surface area contributed by atoms with Crippen molar-refractivity contribution < 1.29 is 4.74 Å². The van der Waals surface area contributed by atoms with Crippen LogP contribution in [-0.2, 0) is 13.5 Å². The highest BCUT2D eigenvalue weighted by atomic mass is 16.5. The molecule has 0 bridgehead atoms. The van der Waals surface area contributed by atoms with Crippen molar-refractivity contribution in [3.63, 3.8) is 0 Å². The summed E-state index contributed by atoms with van der Waals surface area (Å²) in [4.78, 5) is 6.82. The Labute approximate surface area is 157 Å². The zero-order valence-electron chi connectivity index (χ0n) is 16.5. The zero-order chi connectivity index (χ0) is 18.5. The lowest BCUT2D eigenvalue weighted by atomic mass is 9.87. The number of imidazole rings is 1. The van der Waals surface area contributed by atoms with E-state index < -0.39 is 0 Å². The average Bonchev–Trinajstić information content (AvgIpc) is 3.06. The minimum Gasteiger partial charge on any atom is -0.496 e. The highest BCUT2D eigenvalue weighted by Gasteiger charge is 2.32. The van der Waals surface area contributed by atoms with Crippen LogP contribution in [0.5, 0.6) is 5.75 Å². The molecule has 1 aliphatic rings. The number of nitrogens with one attached hydrogen (secondary N) is 1. The van der Waals surface area contributed by atoms with Crippen LogP contribution < -0.4 is 10.1 Å². The largest absolute Gasteiger partial charge is 0.496 e. The van der Waals surface area contributed by atoms with E-state index in [0.717, 1.165) is 25.3 Å². The summed E-state index contributed by atoms with van der Waals surface area (Å²) in [6.07, 6.45) is 7.43. The van der Waals surface area contributed by atoms with Crippen molar-refractivity contribution in [2.75, 3.05) is 27.2 Å². The van der Waals surface area contributed by atoms with Crippen LogP contribution in [0.15, 0.2) is 36.8 Å². The van der Waals surface area contributed by atoms with Crippen molar-refractivity contribution in [3.8, 4) is 5.75 Å². The summed E-state index contributed by atoms with van der Waals surface area (Å²) in [7, 11) is 6.08. The molecule has 0 amide bonds. The van der Waals surface area contributed by atoms with Gasteiger partial charge < -0.3 is 14.6 Å². The quantitative estimate of drug-likeness (QED) is 0.828. The number of likely N-dealkylation sites (tertiary alicyclic amines) is 1. The third-order valence-electron chi connectivity index (χ3n) is 5.61. The molecule has 5 nitrogen and oxygen atoms in total. The fourth-order valence-electron chi connectivity index (χ4n) is 4.22. The van der Waals surface area contributed by atoms with Crippen LogP contribution in [0.3, 0.4) is 0 Å². The predicted molar refractivity (Wildman–Crippen MR) is 105 cm³/mol. The molecule has 0 aliphatic carbocycles. The lowest BCUT2D eigenvalue weighted by Crippen LogP contribution is -2.43. The maximum Gasteiger partial charge on any atom is 0.122 e. The smallest absolute Gasteiger partial charge is 0.122 e. The van der Waals surface area contributed by atoms with Gasteiger partial charge in [0.05, 0.1) is 25.2 Å². The molecule has 1 fully saturated rings. The summed E-state index contributed by atoms with van der Waals surface area (Å²) >= 11 is 0. The first-order valence-electron chi connectivity index (χ1n) is 9.62. The van der Waals surface area contributed by atoms with Crippen molar-refractivity contribution in [2.24, 2.45) is 13.0 Å². The topological polar surface area (TPSA) is 42.3 Å². The minimum absolute atomic E-state index is 0.408. The van der Waals surface area contributed by atoms with E-state index >= 15 is 0 Å². The molecule has 0 saturated carbocycles. The van der Waals surface area contributed by atoms with Crippen LogP contribution in [0.1, 0.15) is 37.1 Å². The Bertz CT molecular complexity index is 699. The summed E-state index contributed by atoms with van der Waals surface area (Å²) in [6.45, 7) is 4.44. The Morgan fingerprint density at radius 1 is 1.31 bits per heavy atom. The van der Waals surface area contributed by atoms with Gasteiger partial charge in [0.25, 0.3) is 0 Å². The molecule has 0 spiro atoms. The highest BCUT2D eigenvalue weighted by molar-refractivity contribution is 5.33. The molecule has 26 heavy (non-hydrogen) atoms. The summed E-state index contributed by atoms with van der Waals surface area (Å²) < 4.78 is 7.65. The van der Waals surface area contributed by atoms with Gasteiger partial charge in [0.2, 0.25) is 0 Å². The van der Waals surface area contributed by atoms with Crippen molar-refractivity contribution in [1.82, 2.24) is 19.8 Å². The number of ether oxygens (including phenoxy) is 1. The van der Waals surface area contributed by atoms with Crippen LogP contribution in [0.25, 0.3) is 0 Å². The molecule has 1 aromatic heterocycles. The number of piperidine rings is 1. The maximum absolute atomic E-state index is 5.49. The first-order chi connectivity index (χ1) is 12.6. The summed E-state index contributed by atoms with van der Waals surface area (Å²) in [6, 6.07) is 9.14. The fraction of sp³-hybridized carbons (Fsp3) is 0.571. The molecular weight excluding hydrogens is 324 g/mol. The van der Waals surface area contributed by atoms with Crippen molar-refractivity contribution in [2.45, 2.75) is 38.3 Å². The molecule has 1 unspecified atom stereocenters. The number of hydrogen-bond donors (Lipinski definition) is 1. The minimum atomic E-state index is 0.408. The highest BCUT2D eigenvalue weighted by Crippen LogP contribution is 2.34. The molecule has 1 N–H and O–H groups in total. The first-order valence-corrected chi connectivity index (χ1v) is 9.62. The van der Waals surface area contributed by atoms with Crippen LogP contribution in [0.2, 0.25) is 0 Å². The molecular formula is C21H32N4O. The average molecular weight is 357 g/mol. The van der Waals surface area contributed by atoms with E-state index in [1.54, 1.807) is 7.11 Å². The normalized spacial score (nSPS) is 22.3. The van der Waals surface area contributed by atoms with E-state index in [1.165, 1.54) is 24.1 Å². The number of methoxy groups -OCH3 is 1. The van der Waals surface area contributed by atoms with Crippen molar-refractivity contribution in [1.29, 1.82) is 0 Å². The summed E-state index contributed by atoms with van der Waals surface area (Å²) in [5.74, 6) is 1.58. The van der Waals surface area contributed by atoms with Gasteiger partial charge in [-0.1, -0.05) is 18.2 Å². The van der Waals surface area contributed by atoms with Crippen LogP contribution in [0, 0.1) is 5.92 Å². The number of rotatable bonds is 7. The van der Waals surface area contributed by atoms with Crippen LogP contribution in [-0.4, -0.2) is 47.7 Å². The Morgan fingerprint density at radius 3 is 2.85 bits per heavy atom. The van der Waals surface area contributed by atoms with E-state index in [1.807, 2.05) is 24.7 Å². The molecule has 142 valence electrons.